The highest BCUT2D eigenvalue weighted by Gasteiger charge is 2.05. The third-order valence-electron chi connectivity index (χ3n) is 1.22. The summed E-state index contributed by atoms with van der Waals surface area (Å²) in [5.41, 5.74) is 4.68. The molecule has 1 aromatic rings. The summed E-state index contributed by atoms with van der Waals surface area (Å²) in [6.07, 6.45) is 0. The van der Waals surface area contributed by atoms with E-state index in [4.69, 9.17) is 15.3 Å². The molecule has 0 heterocycles. The molecule has 1 amide bonds. The maximum atomic E-state index is 11.5. The van der Waals surface area contributed by atoms with Gasteiger partial charge in [-0.1, -0.05) is 30.2 Å². The van der Waals surface area contributed by atoms with Crippen molar-refractivity contribution in [3.8, 4) is 0 Å². The topological polar surface area (TPSA) is 55.1 Å². The molecule has 1 atom stereocenters. The van der Waals surface area contributed by atoms with Gasteiger partial charge in [0.25, 0.3) is 0 Å². The first-order chi connectivity index (χ1) is 9.00. The van der Waals surface area contributed by atoms with Crippen LogP contribution in [0.2, 0.25) is 0 Å². The number of amides is 1. The first-order valence-electron chi connectivity index (χ1n) is 7.15. The van der Waals surface area contributed by atoms with Gasteiger partial charge in [0.2, 0.25) is 5.91 Å². The van der Waals surface area contributed by atoms with E-state index in [-0.39, 0.29) is 0 Å². The summed E-state index contributed by atoms with van der Waals surface area (Å²) in [5, 5.41) is 1.93. The molecule has 0 radical (unpaired) electrons. The number of hydrogen-bond donors (Lipinski definition) is 2. The fraction of sp³-hybridized carbons (Fsp3) is 0.300. The van der Waals surface area contributed by atoms with Crippen molar-refractivity contribution in [1.29, 1.82) is 0 Å². The molecule has 3 heteroatoms. The lowest BCUT2D eigenvalue weighted by Gasteiger charge is -2.06. The molecule has 1 rings (SSSR count). The summed E-state index contributed by atoms with van der Waals surface area (Å²) >= 11 is 0. The number of nitrogens with one attached hydrogen (secondary N) is 1. The Bertz CT molecular complexity index is 530. The van der Waals surface area contributed by atoms with Crippen LogP contribution in [-0.2, 0) is 11.3 Å². The van der Waals surface area contributed by atoms with Gasteiger partial charge in [-0.2, -0.15) is 0 Å². The highest BCUT2D eigenvalue weighted by molar-refractivity contribution is 5.80. The van der Waals surface area contributed by atoms with Crippen molar-refractivity contribution in [1.82, 2.24) is 5.32 Å². The van der Waals surface area contributed by atoms with E-state index in [2.05, 4.69) is 0 Å². The van der Waals surface area contributed by atoms with E-state index >= 15 is 0 Å². The van der Waals surface area contributed by atoms with Gasteiger partial charge in [-0.15, -0.1) is 0 Å². The predicted molar refractivity (Wildman–Crippen MR) is 51.9 cm³/mol. The van der Waals surface area contributed by atoms with Crippen molar-refractivity contribution >= 4 is 5.91 Å². The smallest absolute Gasteiger partial charge is 0.236 e. The summed E-state index contributed by atoms with van der Waals surface area (Å²) in [4.78, 5) is 11.5. The van der Waals surface area contributed by atoms with Gasteiger partial charge in [-0.05, 0) is 12.5 Å². The van der Waals surface area contributed by atoms with Gasteiger partial charge < -0.3 is 11.1 Å². The fourth-order valence-electron chi connectivity index (χ4n) is 0.550. The number of carbonyl (C=O) groups excluding carboxylic acids is 1. The van der Waals surface area contributed by atoms with E-state index in [9.17, 15) is 4.79 Å². The van der Waals surface area contributed by atoms with E-state index in [0.29, 0.717) is 0 Å². The number of rotatable bonds is 3. The van der Waals surface area contributed by atoms with Gasteiger partial charge >= 0.3 is 0 Å². The van der Waals surface area contributed by atoms with Gasteiger partial charge in [0.1, 0.15) is 0 Å². The third-order valence-corrected chi connectivity index (χ3v) is 1.22. The van der Waals surface area contributed by atoms with Gasteiger partial charge in [0.15, 0.2) is 0 Å². The number of hydrogen-bond acceptors (Lipinski definition) is 2. The second kappa shape index (κ2) is 4.62. The van der Waals surface area contributed by atoms with E-state index < -0.39 is 54.2 Å². The molecule has 0 unspecified atom stereocenters. The van der Waals surface area contributed by atoms with Crippen LogP contribution < -0.4 is 11.1 Å². The molecule has 0 saturated carbocycles. The van der Waals surface area contributed by atoms with Crippen molar-refractivity contribution in [2.45, 2.75) is 19.5 Å². The van der Waals surface area contributed by atoms with E-state index in [1.165, 1.54) is 6.92 Å². The van der Waals surface area contributed by atoms with E-state index in [1.807, 2.05) is 5.32 Å². The standard InChI is InChI=1S/C10H14N2O/c1-8(11)10(13)12-7-9-5-3-2-4-6-9/h2-6,8H,7,11H2,1H3,(H,12,13)/t8-/m1/s1/i2D,3D,4D,5D,6D,7D2. The highest BCUT2D eigenvalue weighted by Crippen LogP contribution is 1.96. The van der Waals surface area contributed by atoms with Gasteiger partial charge in [-0.3, -0.25) is 4.79 Å². The Morgan fingerprint density at radius 1 is 1.69 bits per heavy atom. The molecule has 3 nitrogen and oxygen atoms in total. The summed E-state index contributed by atoms with van der Waals surface area (Å²) in [7, 11) is 0. The van der Waals surface area contributed by atoms with Crippen molar-refractivity contribution < 1.29 is 14.4 Å². The van der Waals surface area contributed by atoms with Crippen LogP contribution in [0.3, 0.4) is 0 Å². The Morgan fingerprint density at radius 3 is 2.85 bits per heavy atom. The summed E-state index contributed by atoms with van der Waals surface area (Å²) in [6, 6.07) is -4.36. The minimum Gasteiger partial charge on any atom is -0.351 e. The molecule has 0 aliphatic rings. The lowest BCUT2D eigenvalue weighted by atomic mass is 10.2. The molecule has 0 aliphatic carbocycles. The molecular formula is C10H14N2O. The van der Waals surface area contributed by atoms with Crippen molar-refractivity contribution in [2.75, 3.05) is 0 Å². The predicted octanol–water partition coefficient (Wildman–Crippen LogP) is 0.650. The molecule has 0 aliphatic heterocycles. The average molecular weight is 185 g/mol. The van der Waals surface area contributed by atoms with Crippen molar-refractivity contribution in [3.63, 3.8) is 0 Å². The Morgan fingerprint density at radius 2 is 2.31 bits per heavy atom. The Labute approximate surface area is 87.8 Å². The SMILES string of the molecule is [2H]c1c([2H])c([2H])c(C([2H])([2H])NC(=O)[C@@H](C)N)c([2H])c1[2H]. The monoisotopic (exact) mass is 185 g/mol. The molecule has 70 valence electrons. The summed E-state index contributed by atoms with van der Waals surface area (Å²) in [6.45, 7) is -1.29. The quantitative estimate of drug-likeness (QED) is 0.726. The zero-order valence-corrected chi connectivity index (χ0v) is 7.06. The van der Waals surface area contributed by atoms with Crippen LogP contribution in [0.5, 0.6) is 0 Å². The zero-order chi connectivity index (χ0) is 15.8. The lowest BCUT2D eigenvalue weighted by molar-refractivity contribution is -0.122. The van der Waals surface area contributed by atoms with Crippen LogP contribution in [0.4, 0.5) is 0 Å². The summed E-state index contributed by atoms with van der Waals surface area (Å²) < 4.78 is 53.2. The van der Waals surface area contributed by atoms with E-state index in [0.717, 1.165) is 0 Å². The Hall–Kier alpha value is -1.35. The number of nitrogens with two attached hydrogens (primary N) is 1. The maximum Gasteiger partial charge on any atom is 0.236 e. The molecule has 0 saturated heterocycles. The molecule has 0 bridgehead atoms. The van der Waals surface area contributed by atoms with Crippen molar-refractivity contribution in [3.05, 3.63) is 35.8 Å². The zero-order valence-electron chi connectivity index (χ0n) is 14.1. The van der Waals surface area contributed by atoms with Crippen LogP contribution >= 0.6 is 0 Å². The maximum absolute atomic E-state index is 11.5. The number of benzene rings is 1. The van der Waals surface area contributed by atoms with Gasteiger partial charge in [-0.25, -0.2) is 0 Å². The minimum absolute atomic E-state index is 0.627. The molecule has 3 N–H and O–H groups in total. The molecule has 0 spiro atoms. The first kappa shape index (κ1) is 3.80. The van der Waals surface area contributed by atoms with Crippen molar-refractivity contribution in [2.24, 2.45) is 5.73 Å². The van der Waals surface area contributed by atoms with Crippen LogP contribution in [0.25, 0.3) is 0 Å². The molecule has 0 aromatic heterocycles. The summed E-state index contributed by atoms with van der Waals surface area (Å²) in [5.74, 6) is -0.832. The Balaban J connectivity index is 3.42. The van der Waals surface area contributed by atoms with Crippen LogP contribution in [0.15, 0.2) is 30.2 Å². The minimum atomic E-state index is -2.63. The lowest BCUT2D eigenvalue weighted by Crippen LogP contribution is -2.37. The molecular weight excluding hydrogens is 164 g/mol. The molecule has 1 aromatic carbocycles. The van der Waals surface area contributed by atoms with E-state index in [1.54, 1.807) is 0 Å². The second-order valence-electron chi connectivity index (χ2n) is 2.40. The third kappa shape index (κ3) is 3.25. The average Bonchev–Trinajstić information content (AvgIpc) is 2.33. The fourth-order valence-corrected chi connectivity index (χ4v) is 0.550. The van der Waals surface area contributed by atoms with Gasteiger partial charge in [0, 0.05) is 6.50 Å². The number of carbonyl (C=O) groups is 1. The van der Waals surface area contributed by atoms with Crippen LogP contribution in [0, 0.1) is 0 Å². The largest absolute Gasteiger partial charge is 0.351 e. The highest BCUT2D eigenvalue weighted by atomic mass is 16.2. The van der Waals surface area contributed by atoms with Crippen LogP contribution in [-0.4, -0.2) is 11.9 Å². The second-order valence-corrected chi connectivity index (χ2v) is 2.40. The molecule has 0 fully saturated rings. The Kier molecular flexibility index (Phi) is 1.35. The molecule has 13 heavy (non-hydrogen) atoms. The van der Waals surface area contributed by atoms with Crippen LogP contribution in [0.1, 0.15) is 22.1 Å². The first-order valence-corrected chi connectivity index (χ1v) is 3.65. The van der Waals surface area contributed by atoms with Gasteiger partial charge in [0.05, 0.1) is 15.6 Å². The normalized spacial score (nSPS) is 20.9.